The van der Waals surface area contributed by atoms with Crippen molar-refractivity contribution in [1.29, 1.82) is 0 Å². The van der Waals surface area contributed by atoms with Gasteiger partial charge in [-0.25, -0.2) is 0 Å². The number of carbonyl (C=O) groups is 2. The van der Waals surface area contributed by atoms with Gasteiger partial charge in [-0.1, -0.05) is 13.3 Å². The van der Waals surface area contributed by atoms with Gasteiger partial charge < -0.3 is 10.1 Å². The van der Waals surface area contributed by atoms with E-state index in [2.05, 4.69) is 15.7 Å². The second-order valence-corrected chi connectivity index (χ2v) is 5.64. The number of rotatable bonds is 7. The van der Waals surface area contributed by atoms with E-state index in [-0.39, 0.29) is 18.4 Å². The maximum Gasteiger partial charge on any atom is 0.325 e. The Bertz CT molecular complexity index is 553. The Morgan fingerprint density at radius 2 is 2.00 bits per heavy atom. The molecule has 7 heteroatoms. The van der Waals surface area contributed by atoms with Crippen molar-refractivity contribution in [3.8, 4) is 0 Å². The van der Waals surface area contributed by atoms with E-state index < -0.39 is 5.54 Å². The molecule has 2 N–H and O–H groups in total. The summed E-state index contributed by atoms with van der Waals surface area (Å²) in [7, 11) is 3.17. The molecule has 0 unspecified atom stereocenters. The van der Waals surface area contributed by atoms with Gasteiger partial charge in [0.25, 0.3) is 0 Å². The highest BCUT2D eigenvalue weighted by Gasteiger charge is 2.33. The Balaban J connectivity index is 2.70. The molecular weight excluding hydrogens is 284 g/mol. The van der Waals surface area contributed by atoms with Gasteiger partial charge >= 0.3 is 5.97 Å². The number of hydrogen-bond acceptors (Lipinski definition) is 5. The molecule has 7 nitrogen and oxygen atoms in total. The van der Waals surface area contributed by atoms with Crippen molar-refractivity contribution in [1.82, 2.24) is 15.1 Å². The van der Waals surface area contributed by atoms with E-state index in [0.717, 1.165) is 17.8 Å². The predicted molar refractivity (Wildman–Crippen MR) is 84.6 cm³/mol. The molecule has 0 aliphatic rings. The van der Waals surface area contributed by atoms with Crippen LogP contribution < -0.4 is 10.6 Å². The van der Waals surface area contributed by atoms with Crippen LogP contribution in [0.4, 0.5) is 5.69 Å². The van der Waals surface area contributed by atoms with Gasteiger partial charge in [0.2, 0.25) is 5.91 Å². The molecule has 0 saturated heterocycles. The lowest BCUT2D eigenvalue weighted by atomic mass is 9.96. The molecule has 0 aromatic carbocycles. The minimum absolute atomic E-state index is 0.0272. The average Bonchev–Trinajstić information content (AvgIpc) is 2.71. The number of ether oxygens (including phenoxy) is 1. The fourth-order valence-corrected chi connectivity index (χ4v) is 2.40. The van der Waals surface area contributed by atoms with Crippen molar-refractivity contribution in [3.05, 3.63) is 11.4 Å². The number of methoxy groups -OCH3 is 1. The molecule has 1 atom stereocenters. The summed E-state index contributed by atoms with van der Waals surface area (Å²) in [5.41, 5.74) is 1.50. The average molecular weight is 310 g/mol. The fourth-order valence-electron chi connectivity index (χ4n) is 2.40. The highest BCUT2D eigenvalue weighted by atomic mass is 16.5. The minimum atomic E-state index is -0.861. The van der Waals surface area contributed by atoms with Crippen molar-refractivity contribution in [2.75, 3.05) is 19.0 Å². The SMILES string of the molecule is CCC[C@](C)(NCC(=O)Nc1c(C)nn(C)c1C)C(=O)OC. The summed E-state index contributed by atoms with van der Waals surface area (Å²) >= 11 is 0. The number of nitrogens with one attached hydrogen (secondary N) is 2. The first kappa shape index (κ1) is 18.2. The smallest absolute Gasteiger partial charge is 0.325 e. The van der Waals surface area contributed by atoms with E-state index in [0.29, 0.717) is 12.1 Å². The molecule has 0 radical (unpaired) electrons. The summed E-state index contributed by atoms with van der Waals surface area (Å²) in [5, 5.41) is 10.1. The largest absolute Gasteiger partial charge is 0.468 e. The van der Waals surface area contributed by atoms with Gasteiger partial charge in [0.1, 0.15) is 5.54 Å². The first-order valence-electron chi connectivity index (χ1n) is 7.38. The Hall–Kier alpha value is -1.89. The van der Waals surface area contributed by atoms with Crippen LogP contribution in [-0.2, 0) is 21.4 Å². The maximum absolute atomic E-state index is 12.1. The molecule has 1 rings (SSSR count). The first-order chi connectivity index (χ1) is 10.2. The van der Waals surface area contributed by atoms with Crippen LogP contribution in [0.1, 0.15) is 38.1 Å². The Kier molecular flexibility index (Phi) is 6.11. The zero-order valence-corrected chi connectivity index (χ0v) is 14.2. The number of amides is 1. The second kappa shape index (κ2) is 7.40. The number of anilines is 1. The van der Waals surface area contributed by atoms with Gasteiger partial charge in [0.05, 0.1) is 30.7 Å². The lowest BCUT2D eigenvalue weighted by molar-refractivity contribution is -0.148. The summed E-state index contributed by atoms with van der Waals surface area (Å²) in [5.74, 6) is -0.582. The number of nitrogens with zero attached hydrogens (tertiary/aromatic N) is 2. The third-order valence-corrected chi connectivity index (χ3v) is 3.80. The van der Waals surface area contributed by atoms with Crippen LogP contribution in [0.25, 0.3) is 0 Å². The number of hydrogen-bond donors (Lipinski definition) is 2. The summed E-state index contributed by atoms with van der Waals surface area (Å²) in [6, 6.07) is 0. The maximum atomic E-state index is 12.1. The third kappa shape index (κ3) is 4.07. The van der Waals surface area contributed by atoms with E-state index in [1.165, 1.54) is 7.11 Å². The Morgan fingerprint density at radius 1 is 1.36 bits per heavy atom. The van der Waals surface area contributed by atoms with Gasteiger partial charge in [-0.15, -0.1) is 0 Å². The highest BCUT2D eigenvalue weighted by molar-refractivity contribution is 5.94. The molecule has 0 spiro atoms. The lowest BCUT2D eigenvalue weighted by Crippen LogP contribution is -2.52. The van der Waals surface area contributed by atoms with Crippen molar-refractivity contribution in [3.63, 3.8) is 0 Å². The van der Waals surface area contributed by atoms with Crippen LogP contribution in [0.2, 0.25) is 0 Å². The predicted octanol–water partition coefficient (Wildman–Crippen LogP) is 1.30. The highest BCUT2D eigenvalue weighted by Crippen LogP contribution is 2.18. The van der Waals surface area contributed by atoms with Crippen LogP contribution in [-0.4, -0.2) is 40.9 Å². The number of esters is 1. The summed E-state index contributed by atoms with van der Waals surface area (Å²) < 4.78 is 6.53. The van der Waals surface area contributed by atoms with Crippen LogP contribution in [0.15, 0.2) is 0 Å². The van der Waals surface area contributed by atoms with Gasteiger partial charge in [0, 0.05) is 7.05 Å². The molecular formula is C15H26N4O3. The van der Waals surface area contributed by atoms with Crippen LogP contribution in [0.3, 0.4) is 0 Å². The van der Waals surface area contributed by atoms with Crippen molar-refractivity contribution in [2.45, 2.75) is 46.1 Å². The van der Waals surface area contributed by atoms with Gasteiger partial charge in [-0.3, -0.25) is 19.6 Å². The van der Waals surface area contributed by atoms with E-state index in [1.54, 1.807) is 11.6 Å². The number of aromatic nitrogens is 2. The molecule has 22 heavy (non-hydrogen) atoms. The van der Waals surface area contributed by atoms with Crippen LogP contribution >= 0.6 is 0 Å². The van der Waals surface area contributed by atoms with Gasteiger partial charge in [-0.05, 0) is 27.2 Å². The van der Waals surface area contributed by atoms with Gasteiger partial charge in [0.15, 0.2) is 0 Å². The van der Waals surface area contributed by atoms with Crippen molar-refractivity contribution in [2.24, 2.45) is 7.05 Å². The zero-order valence-electron chi connectivity index (χ0n) is 14.2. The van der Waals surface area contributed by atoms with E-state index in [4.69, 9.17) is 4.74 Å². The first-order valence-corrected chi connectivity index (χ1v) is 7.38. The molecule has 0 saturated carbocycles. The molecule has 124 valence electrons. The third-order valence-electron chi connectivity index (χ3n) is 3.80. The molecule has 1 amide bonds. The number of aryl methyl sites for hydroxylation is 2. The standard InChI is InChI=1S/C15H26N4O3/c1-7-8-15(4,14(21)22-6)16-9-12(20)17-13-10(2)18-19(5)11(13)3/h16H,7-9H2,1-6H3,(H,17,20)/t15-/m0/s1. The normalized spacial score (nSPS) is 13.5. The minimum Gasteiger partial charge on any atom is -0.468 e. The molecule has 1 aromatic heterocycles. The molecule has 1 aromatic rings. The van der Waals surface area contributed by atoms with E-state index in [9.17, 15) is 9.59 Å². The molecule has 0 fully saturated rings. The molecule has 1 heterocycles. The monoisotopic (exact) mass is 310 g/mol. The topological polar surface area (TPSA) is 85.3 Å². The van der Waals surface area contributed by atoms with E-state index in [1.807, 2.05) is 27.8 Å². The second-order valence-electron chi connectivity index (χ2n) is 5.64. The van der Waals surface area contributed by atoms with Crippen molar-refractivity contribution < 1.29 is 14.3 Å². The quantitative estimate of drug-likeness (QED) is 0.741. The lowest BCUT2D eigenvalue weighted by Gasteiger charge is -2.27. The summed E-state index contributed by atoms with van der Waals surface area (Å²) in [6.07, 6.45) is 1.40. The van der Waals surface area contributed by atoms with Crippen LogP contribution in [0.5, 0.6) is 0 Å². The summed E-state index contributed by atoms with van der Waals surface area (Å²) in [6.45, 7) is 7.48. The fraction of sp³-hybridized carbons (Fsp3) is 0.667. The molecule has 0 bridgehead atoms. The molecule has 0 aliphatic heterocycles. The summed E-state index contributed by atoms with van der Waals surface area (Å²) in [4.78, 5) is 24.0. The Morgan fingerprint density at radius 3 is 2.45 bits per heavy atom. The zero-order chi connectivity index (χ0) is 16.9. The number of carbonyl (C=O) groups excluding carboxylic acids is 2. The van der Waals surface area contributed by atoms with Crippen molar-refractivity contribution >= 4 is 17.6 Å². The van der Waals surface area contributed by atoms with Crippen LogP contribution in [0, 0.1) is 13.8 Å². The Labute approximate surface area is 131 Å². The van der Waals surface area contributed by atoms with Gasteiger partial charge in [-0.2, -0.15) is 5.10 Å². The van der Waals surface area contributed by atoms with E-state index >= 15 is 0 Å². The molecule has 0 aliphatic carbocycles.